The summed E-state index contributed by atoms with van der Waals surface area (Å²) < 4.78 is 0. The highest BCUT2D eigenvalue weighted by atomic mass is 16.2. The number of nitrogens with one attached hydrogen (secondary N) is 1. The van der Waals surface area contributed by atoms with Gasteiger partial charge in [-0.25, -0.2) is 4.79 Å². The molecule has 0 unspecified atom stereocenters. The molecule has 0 saturated carbocycles. The Hall–Kier alpha value is -3.39. The second-order valence-electron chi connectivity index (χ2n) is 6.17. The summed E-state index contributed by atoms with van der Waals surface area (Å²) in [6, 6.07) is 16.5. The van der Waals surface area contributed by atoms with Gasteiger partial charge in [-0.15, -0.1) is 0 Å². The van der Waals surface area contributed by atoms with Gasteiger partial charge in [-0.05, 0) is 41.8 Å². The first-order chi connectivity index (χ1) is 11.9. The molecule has 1 aliphatic rings. The van der Waals surface area contributed by atoms with Crippen LogP contribution < -0.4 is 5.32 Å². The minimum Gasteiger partial charge on any atom is -0.324 e. The van der Waals surface area contributed by atoms with Crippen molar-refractivity contribution in [2.24, 2.45) is 0 Å². The van der Waals surface area contributed by atoms with Crippen LogP contribution >= 0.6 is 0 Å². The maximum Gasteiger partial charge on any atom is 0.325 e. The monoisotopic (exact) mass is 331 g/mol. The Bertz CT molecular complexity index is 942. The summed E-state index contributed by atoms with van der Waals surface area (Å²) in [7, 11) is 1.42. The van der Waals surface area contributed by atoms with Gasteiger partial charge < -0.3 is 5.32 Å². The summed E-state index contributed by atoms with van der Waals surface area (Å²) in [6.45, 7) is 5.66. The number of carbonyl (C=O) groups excluding carboxylic acids is 2. The normalized spacial score (nSPS) is 20.2. The van der Waals surface area contributed by atoms with E-state index in [-0.39, 0.29) is 0 Å². The number of nitrogens with zero attached hydrogens (tertiary/aromatic N) is 2. The van der Waals surface area contributed by atoms with Crippen LogP contribution in [0.2, 0.25) is 0 Å². The number of nitriles is 1. The number of amides is 3. The zero-order valence-electron chi connectivity index (χ0n) is 14.0. The van der Waals surface area contributed by atoms with E-state index < -0.39 is 17.5 Å². The molecular weight excluding hydrogens is 314 g/mol. The van der Waals surface area contributed by atoms with Crippen LogP contribution in [0.25, 0.3) is 11.1 Å². The first kappa shape index (κ1) is 16.5. The Morgan fingerprint density at radius 1 is 1.12 bits per heavy atom. The van der Waals surface area contributed by atoms with Crippen LogP contribution in [0.5, 0.6) is 0 Å². The molecule has 0 aromatic heterocycles. The average Bonchev–Trinajstić information content (AvgIpc) is 2.65. The Labute approximate surface area is 146 Å². The lowest BCUT2D eigenvalue weighted by Gasteiger charge is -2.39. The second-order valence-corrected chi connectivity index (χ2v) is 6.17. The molecule has 124 valence electrons. The SMILES string of the molecule is C=C1C(=O)N(C)C(=O)N[C@]1(C)c1cccc(-c2cccc(C#N)c2)c1. The second kappa shape index (κ2) is 5.91. The molecule has 3 amide bonds. The minimum atomic E-state index is -0.983. The van der Waals surface area contributed by atoms with Crippen LogP contribution in [0.4, 0.5) is 4.79 Å². The molecule has 1 fully saturated rings. The molecule has 0 bridgehead atoms. The molecule has 1 saturated heterocycles. The molecule has 0 radical (unpaired) electrons. The third-order valence-corrected chi connectivity index (χ3v) is 4.59. The van der Waals surface area contributed by atoms with E-state index in [0.717, 1.165) is 21.6 Å². The highest BCUT2D eigenvalue weighted by molar-refractivity contribution is 6.08. The van der Waals surface area contributed by atoms with Crippen molar-refractivity contribution in [3.05, 3.63) is 71.8 Å². The van der Waals surface area contributed by atoms with Gasteiger partial charge >= 0.3 is 6.03 Å². The van der Waals surface area contributed by atoms with E-state index in [1.165, 1.54) is 7.05 Å². The van der Waals surface area contributed by atoms with Gasteiger partial charge in [0.05, 0.1) is 17.2 Å². The third kappa shape index (κ3) is 2.68. The zero-order chi connectivity index (χ0) is 18.2. The summed E-state index contributed by atoms with van der Waals surface area (Å²) in [5.41, 5.74) is 2.43. The van der Waals surface area contributed by atoms with Gasteiger partial charge in [0, 0.05) is 12.6 Å². The Morgan fingerprint density at radius 3 is 2.44 bits per heavy atom. The topological polar surface area (TPSA) is 73.2 Å². The van der Waals surface area contributed by atoms with Crippen LogP contribution in [0.15, 0.2) is 60.7 Å². The molecular formula is C20H17N3O2. The predicted molar refractivity (Wildman–Crippen MR) is 94.4 cm³/mol. The molecule has 25 heavy (non-hydrogen) atoms. The molecule has 5 nitrogen and oxygen atoms in total. The number of hydrogen-bond donors (Lipinski definition) is 1. The largest absolute Gasteiger partial charge is 0.325 e. The average molecular weight is 331 g/mol. The van der Waals surface area contributed by atoms with Crippen molar-refractivity contribution in [3.63, 3.8) is 0 Å². The molecule has 1 heterocycles. The van der Waals surface area contributed by atoms with E-state index in [2.05, 4.69) is 18.0 Å². The van der Waals surface area contributed by atoms with E-state index >= 15 is 0 Å². The summed E-state index contributed by atoms with van der Waals surface area (Å²) in [5.74, 6) is -0.400. The molecule has 3 rings (SSSR count). The highest BCUT2D eigenvalue weighted by Gasteiger charge is 2.43. The summed E-state index contributed by atoms with van der Waals surface area (Å²) in [6.07, 6.45) is 0. The summed E-state index contributed by atoms with van der Waals surface area (Å²) in [5, 5.41) is 11.9. The first-order valence-corrected chi connectivity index (χ1v) is 7.77. The smallest absolute Gasteiger partial charge is 0.324 e. The minimum absolute atomic E-state index is 0.303. The third-order valence-electron chi connectivity index (χ3n) is 4.59. The fourth-order valence-corrected chi connectivity index (χ4v) is 2.91. The Kier molecular flexibility index (Phi) is 3.90. The van der Waals surface area contributed by atoms with Crippen molar-refractivity contribution >= 4 is 11.9 Å². The standard InChI is InChI=1S/C20H17N3O2/c1-13-18(24)23(3)19(25)22-20(13,2)17-9-5-8-16(11-17)15-7-4-6-14(10-15)12-21/h4-11H,1H2,2-3H3,(H,22,25)/t20-/m0/s1. The Balaban J connectivity index is 2.07. The summed E-state index contributed by atoms with van der Waals surface area (Å²) >= 11 is 0. The fraction of sp³-hybridized carbons (Fsp3) is 0.150. The summed E-state index contributed by atoms with van der Waals surface area (Å²) in [4.78, 5) is 25.4. The van der Waals surface area contributed by atoms with E-state index in [1.54, 1.807) is 19.1 Å². The molecule has 5 heteroatoms. The predicted octanol–water partition coefficient (Wildman–Crippen LogP) is 3.18. The van der Waals surface area contributed by atoms with Crippen LogP contribution in [-0.4, -0.2) is 23.9 Å². The molecule has 1 atom stereocenters. The van der Waals surface area contributed by atoms with Crippen LogP contribution in [0.1, 0.15) is 18.1 Å². The molecule has 1 N–H and O–H groups in total. The maximum absolute atomic E-state index is 12.3. The van der Waals surface area contributed by atoms with Crippen molar-refractivity contribution in [2.45, 2.75) is 12.5 Å². The van der Waals surface area contributed by atoms with Crippen molar-refractivity contribution in [2.75, 3.05) is 7.05 Å². The number of carbonyl (C=O) groups is 2. The van der Waals surface area contributed by atoms with Gasteiger partial charge in [-0.3, -0.25) is 9.69 Å². The molecule has 2 aromatic rings. The number of likely N-dealkylation sites (N-methyl/N-ethyl adjacent to an activating group) is 1. The highest BCUT2D eigenvalue weighted by Crippen LogP contribution is 2.34. The van der Waals surface area contributed by atoms with Crippen molar-refractivity contribution in [1.29, 1.82) is 5.26 Å². The molecule has 0 aliphatic carbocycles. The molecule has 2 aromatic carbocycles. The number of hydrogen-bond acceptors (Lipinski definition) is 3. The van der Waals surface area contributed by atoms with Crippen molar-refractivity contribution < 1.29 is 9.59 Å². The molecule has 0 spiro atoms. The quantitative estimate of drug-likeness (QED) is 0.859. The lowest BCUT2D eigenvalue weighted by Crippen LogP contribution is -2.59. The van der Waals surface area contributed by atoms with Gasteiger partial charge in [0.1, 0.15) is 0 Å². The van der Waals surface area contributed by atoms with E-state index in [4.69, 9.17) is 5.26 Å². The fourth-order valence-electron chi connectivity index (χ4n) is 2.91. The van der Waals surface area contributed by atoms with E-state index in [9.17, 15) is 9.59 Å². The lowest BCUT2D eigenvalue weighted by atomic mass is 9.82. The lowest BCUT2D eigenvalue weighted by molar-refractivity contribution is -0.125. The Morgan fingerprint density at radius 2 is 1.76 bits per heavy atom. The number of benzene rings is 2. The molecule has 1 aliphatic heterocycles. The van der Waals surface area contributed by atoms with Gasteiger partial charge in [0.25, 0.3) is 5.91 Å². The zero-order valence-corrected chi connectivity index (χ0v) is 14.0. The number of rotatable bonds is 2. The van der Waals surface area contributed by atoms with Gasteiger partial charge in [-0.1, -0.05) is 36.9 Å². The first-order valence-electron chi connectivity index (χ1n) is 7.77. The van der Waals surface area contributed by atoms with E-state index in [0.29, 0.717) is 11.1 Å². The van der Waals surface area contributed by atoms with Crippen molar-refractivity contribution in [3.8, 4) is 17.2 Å². The number of imide groups is 1. The van der Waals surface area contributed by atoms with Gasteiger partial charge in [0.2, 0.25) is 0 Å². The van der Waals surface area contributed by atoms with Crippen LogP contribution in [0.3, 0.4) is 0 Å². The van der Waals surface area contributed by atoms with Crippen LogP contribution in [0, 0.1) is 11.3 Å². The maximum atomic E-state index is 12.3. The van der Waals surface area contributed by atoms with Crippen LogP contribution in [-0.2, 0) is 10.3 Å². The van der Waals surface area contributed by atoms with E-state index in [1.807, 2.05) is 36.4 Å². The van der Waals surface area contributed by atoms with Crippen molar-refractivity contribution in [1.82, 2.24) is 10.2 Å². The van der Waals surface area contributed by atoms with Gasteiger partial charge in [0.15, 0.2) is 0 Å². The van der Waals surface area contributed by atoms with Gasteiger partial charge in [-0.2, -0.15) is 5.26 Å². The number of urea groups is 1.